The highest BCUT2D eigenvalue weighted by Crippen LogP contribution is 2.53. The molecule has 0 radical (unpaired) electrons. The molecule has 7 aromatic rings. The van der Waals surface area contributed by atoms with Crippen LogP contribution in [0.5, 0.6) is 0 Å². The number of fused-ring (bicyclic) bond motifs is 6. The zero-order valence-corrected chi connectivity index (χ0v) is 26.5. The van der Waals surface area contributed by atoms with Crippen molar-refractivity contribution in [3.8, 4) is 11.8 Å². The van der Waals surface area contributed by atoms with E-state index < -0.39 is 0 Å². The standard InChI is InChI=1S/C44H32N4/c1-44-27-11-10-18-43(44)48(33-14-6-3-7-15-33)42-26-24-36(29-39(42)44)46(34-21-19-31(30-45)20-22-34)35-23-25-41-38(28-35)37-16-8-9-17-40(37)47(41)32-12-4-2-5-13-32/h2-29,43H,1H3. The quantitative estimate of drug-likeness (QED) is 0.193. The number of allylic oxidation sites excluding steroid dienone is 2. The summed E-state index contributed by atoms with van der Waals surface area (Å²) in [5.41, 5.74) is 10.7. The van der Waals surface area contributed by atoms with E-state index >= 15 is 0 Å². The first kappa shape index (κ1) is 28.0. The lowest BCUT2D eigenvalue weighted by atomic mass is 9.76. The van der Waals surface area contributed by atoms with Crippen molar-refractivity contribution < 1.29 is 0 Å². The number of benzene rings is 6. The van der Waals surface area contributed by atoms with Gasteiger partial charge in [0.25, 0.3) is 0 Å². The van der Waals surface area contributed by atoms with Gasteiger partial charge in [-0.3, -0.25) is 0 Å². The normalized spacial score (nSPS) is 17.8. The third kappa shape index (κ3) is 4.22. The van der Waals surface area contributed by atoms with E-state index in [1.807, 2.05) is 24.3 Å². The number of hydrogen-bond donors (Lipinski definition) is 0. The molecule has 9 rings (SSSR count). The van der Waals surface area contributed by atoms with Gasteiger partial charge in [0.2, 0.25) is 0 Å². The number of para-hydroxylation sites is 3. The minimum absolute atomic E-state index is 0.166. The summed E-state index contributed by atoms with van der Waals surface area (Å²) >= 11 is 0. The van der Waals surface area contributed by atoms with Gasteiger partial charge in [-0.25, -0.2) is 0 Å². The molecule has 0 N–H and O–H groups in total. The van der Waals surface area contributed by atoms with Gasteiger partial charge in [0.05, 0.1) is 28.7 Å². The van der Waals surface area contributed by atoms with Crippen molar-refractivity contribution in [1.29, 1.82) is 5.26 Å². The summed E-state index contributed by atoms with van der Waals surface area (Å²) in [5.74, 6) is 0. The van der Waals surface area contributed by atoms with E-state index in [0.717, 1.165) is 28.3 Å². The molecule has 1 aliphatic carbocycles. The molecule has 4 heteroatoms. The van der Waals surface area contributed by atoms with Crippen molar-refractivity contribution in [1.82, 2.24) is 4.57 Å². The first-order valence-corrected chi connectivity index (χ1v) is 16.4. The second kappa shape index (κ2) is 10.9. The van der Waals surface area contributed by atoms with Crippen LogP contribution in [-0.4, -0.2) is 10.6 Å². The maximum absolute atomic E-state index is 9.60. The Balaban J connectivity index is 1.25. The predicted molar refractivity (Wildman–Crippen MR) is 198 cm³/mol. The third-order valence-electron chi connectivity index (χ3n) is 10.0. The Morgan fingerprint density at radius 2 is 1.27 bits per heavy atom. The van der Waals surface area contributed by atoms with Crippen LogP contribution in [-0.2, 0) is 5.41 Å². The van der Waals surface area contributed by atoms with Crippen LogP contribution < -0.4 is 9.80 Å². The molecule has 2 unspecified atom stereocenters. The fraction of sp³-hybridized carbons (Fsp3) is 0.0682. The lowest BCUT2D eigenvalue weighted by Gasteiger charge is -2.34. The average Bonchev–Trinajstić information content (AvgIpc) is 3.61. The fourth-order valence-electron chi connectivity index (χ4n) is 7.76. The van der Waals surface area contributed by atoms with Gasteiger partial charge in [0, 0.05) is 50.3 Å². The first-order chi connectivity index (χ1) is 23.6. The Morgan fingerprint density at radius 3 is 2.04 bits per heavy atom. The molecule has 1 aromatic heterocycles. The molecule has 0 saturated heterocycles. The van der Waals surface area contributed by atoms with Gasteiger partial charge in [0.15, 0.2) is 0 Å². The van der Waals surface area contributed by atoms with Gasteiger partial charge < -0.3 is 14.4 Å². The van der Waals surface area contributed by atoms with E-state index in [1.54, 1.807) is 0 Å². The second-order valence-electron chi connectivity index (χ2n) is 12.8. The van der Waals surface area contributed by atoms with Crippen LogP contribution in [0.2, 0.25) is 0 Å². The molecular weight excluding hydrogens is 585 g/mol. The smallest absolute Gasteiger partial charge is 0.0991 e. The predicted octanol–water partition coefficient (Wildman–Crippen LogP) is 11.0. The van der Waals surface area contributed by atoms with Crippen LogP contribution >= 0.6 is 0 Å². The van der Waals surface area contributed by atoms with Gasteiger partial charge in [-0.1, -0.05) is 78.9 Å². The van der Waals surface area contributed by atoms with Crippen LogP contribution in [0.25, 0.3) is 27.5 Å². The zero-order chi connectivity index (χ0) is 32.2. The van der Waals surface area contributed by atoms with Gasteiger partial charge in [-0.15, -0.1) is 0 Å². The highest BCUT2D eigenvalue weighted by atomic mass is 15.2. The highest BCUT2D eigenvalue weighted by Gasteiger charge is 2.46. The largest absolute Gasteiger partial charge is 0.333 e. The van der Waals surface area contributed by atoms with Crippen molar-refractivity contribution in [2.24, 2.45) is 0 Å². The van der Waals surface area contributed by atoms with Crippen molar-refractivity contribution in [3.63, 3.8) is 0 Å². The van der Waals surface area contributed by atoms with Crippen LogP contribution in [0.3, 0.4) is 0 Å². The molecule has 2 aliphatic rings. The first-order valence-electron chi connectivity index (χ1n) is 16.4. The summed E-state index contributed by atoms with van der Waals surface area (Å²) in [4.78, 5) is 4.79. The van der Waals surface area contributed by atoms with Crippen LogP contribution in [0.4, 0.5) is 28.4 Å². The SMILES string of the molecule is CC12C=CC=CC1N(c1ccccc1)c1ccc(N(c3ccc(C#N)cc3)c3ccc4c(c3)c3ccccc3n4-c3ccccc3)cc12. The van der Waals surface area contributed by atoms with E-state index in [-0.39, 0.29) is 11.5 Å². The topological polar surface area (TPSA) is 35.2 Å². The molecule has 0 bridgehead atoms. The molecule has 4 nitrogen and oxygen atoms in total. The number of hydrogen-bond acceptors (Lipinski definition) is 3. The lowest BCUT2D eigenvalue weighted by Crippen LogP contribution is -2.39. The minimum Gasteiger partial charge on any atom is -0.333 e. The van der Waals surface area contributed by atoms with E-state index in [9.17, 15) is 5.26 Å². The van der Waals surface area contributed by atoms with Crippen molar-refractivity contribution >= 4 is 50.2 Å². The van der Waals surface area contributed by atoms with Crippen molar-refractivity contribution in [2.75, 3.05) is 9.80 Å². The van der Waals surface area contributed by atoms with E-state index in [0.29, 0.717) is 5.56 Å². The molecule has 0 spiro atoms. The van der Waals surface area contributed by atoms with Gasteiger partial charge in [0.1, 0.15) is 0 Å². The molecule has 0 saturated carbocycles. The van der Waals surface area contributed by atoms with Crippen molar-refractivity contribution in [3.05, 3.63) is 181 Å². The Labute approximate surface area is 280 Å². The Bertz CT molecular complexity index is 2430. The van der Waals surface area contributed by atoms with Gasteiger partial charge in [-0.05, 0) is 103 Å². The molecule has 2 heterocycles. The van der Waals surface area contributed by atoms with Crippen molar-refractivity contribution in [2.45, 2.75) is 18.4 Å². The zero-order valence-electron chi connectivity index (χ0n) is 26.5. The average molecular weight is 617 g/mol. The number of aromatic nitrogens is 1. The lowest BCUT2D eigenvalue weighted by molar-refractivity contribution is 0.551. The van der Waals surface area contributed by atoms with Crippen LogP contribution in [0.15, 0.2) is 170 Å². The molecule has 48 heavy (non-hydrogen) atoms. The molecular formula is C44H32N4. The molecule has 0 amide bonds. The number of nitriles is 1. The van der Waals surface area contributed by atoms with E-state index in [2.05, 4.69) is 173 Å². The van der Waals surface area contributed by atoms with E-state index in [1.165, 1.54) is 33.2 Å². The Kier molecular flexibility index (Phi) is 6.35. The summed E-state index contributed by atoms with van der Waals surface area (Å²) in [7, 11) is 0. The highest BCUT2D eigenvalue weighted by molar-refractivity contribution is 6.10. The maximum Gasteiger partial charge on any atom is 0.0991 e. The second-order valence-corrected chi connectivity index (χ2v) is 12.8. The molecule has 2 atom stereocenters. The van der Waals surface area contributed by atoms with Gasteiger partial charge in [-0.2, -0.15) is 5.26 Å². The summed E-state index contributed by atoms with van der Waals surface area (Å²) < 4.78 is 2.35. The number of rotatable bonds is 5. The summed E-state index contributed by atoms with van der Waals surface area (Å²) in [6, 6.07) is 53.9. The summed E-state index contributed by atoms with van der Waals surface area (Å²) in [5, 5.41) is 12.0. The monoisotopic (exact) mass is 616 g/mol. The van der Waals surface area contributed by atoms with Crippen LogP contribution in [0, 0.1) is 11.3 Å². The summed E-state index contributed by atoms with van der Waals surface area (Å²) in [6.07, 6.45) is 9.01. The Morgan fingerprint density at radius 1 is 0.625 bits per heavy atom. The summed E-state index contributed by atoms with van der Waals surface area (Å²) in [6.45, 7) is 2.35. The third-order valence-corrected chi connectivity index (χ3v) is 10.0. The number of nitrogens with zero attached hydrogens (tertiary/aromatic N) is 4. The minimum atomic E-state index is -0.209. The Hall–Kier alpha value is -6.31. The fourth-order valence-corrected chi connectivity index (χ4v) is 7.76. The molecule has 228 valence electrons. The van der Waals surface area contributed by atoms with E-state index in [4.69, 9.17) is 0 Å². The van der Waals surface area contributed by atoms with Crippen LogP contribution in [0.1, 0.15) is 18.1 Å². The maximum atomic E-state index is 9.60. The molecule has 6 aromatic carbocycles. The number of anilines is 5. The van der Waals surface area contributed by atoms with Gasteiger partial charge >= 0.3 is 0 Å². The molecule has 1 aliphatic heterocycles. The molecule has 0 fully saturated rings.